The molecule has 6 heteroatoms. The number of hydrogen-bond acceptors (Lipinski definition) is 5. The fourth-order valence-electron chi connectivity index (χ4n) is 2.83. The molecule has 0 saturated heterocycles. The monoisotopic (exact) mass is 341 g/mol. The Morgan fingerprint density at radius 3 is 2.60 bits per heavy atom. The van der Waals surface area contributed by atoms with Crippen LogP contribution < -0.4 is 14.4 Å². The first kappa shape index (κ1) is 16.8. The highest BCUT2D eigenvalue weighted by Crippen LogP contribution is 2.34. The summed E-state index contributed by atoms with van der Waals surface area (Å²) in [5.74, 6) is 0.484. The van der Waals surface area contributed by atoms with Crippen molar-refractivity contribution in [3.05, 3.63) is 54.1 Å². The smallest absolute Gasteiger partial charge is 0.348 e. The van der Waals surface area contributed by atoms with Gasteiger partial charge in [0.2, 0.25) is 12.0 Å². The molecule has 0 aromatic heterocycles. The summed E-state index contributed by atoms with van der Waals surface area (Å²) in [6.45, 7) is 0.109. The Kier molecular flexibility index (Phi) is 4.88. The molecule has 1 amide bonds. The summed E-state index contributed by atoms with van der Waals surface area (Å²) < 4.78 is 15.7. The molecular weight excluding hydrogens is 322 g/mol. The summed E-state index contributed by atoms with van der Waals surface area (Å²) in [6.07, 6.45) is -0.687. The van der Waals surface area contributed by atoms with Crippen LogP contribution in [0.1, 0.15) is 5.56 Å². The van der Waals surface area contributed by atoms with Crippen LogP contribution in [0, 0.1) is 0 Å². The SMILES string of the molecule is COC(=O)[C@@H]1CN(C(=O)Cc2ccccc2OC)c2ccccc2O1. The Balaban J connectivity index is 1.89. The summed E-state index contributed by atoms with van der Waals surface area (Å²) >= 11 is 0. The van der Waals surface area contributed by atoms with E-state index in [0.717, 1.165) is 5.56 Å². The number of hydrogen-bond donors (Lipinski definition) is 0. The number of fused-ring (bicyclic) bond motifs is 1. The van der Waals surface area contributed by atoms with E-state index in [0.29, 0.717) is 17.2 Å². The normalized spacial score (nSPS) is 15.8. The molecule has 6 nitrogen and oxygen atoms in total. The molecule has 1 atom stereocenters. The van der Waals surface area contributed by atoms with Crippen molar-refractivity contribution in [2.75, 3.05) is 25.7 Å². The van der Waals surface area contributed by atoms with Crippen molar-refractivity contribution < 1.29 is 23.8 Å². The van der Waals surface area contributed by atoms with E-state index in [-0.39, 0.29) is 18.9 Å². The maximum atomic E-state index is 12.9. The summed E-state index contributed by atoms with van der Waals surface area (Å²) in [6, 6.07) is 14.5. The largest absolute Gasteiger partial charge is 0.496 e. The molecule has 1 aliphatic rings. The van der Waals surface area contributed by atoms with Crippen molar-refractivity contribution in [2.45, 2.75) is 12.5 Å². The number of ether oxygens (including phenoxy) is 3. The number of nitrogens with zero attached hydrogens (tertiary/aromatic N) is 1. The third kappa shape index (κ3) is 3.42. The molecule has 0 saturated carbocycles. The molecule has 1 heterocycles. The fourth-order valence-corrected chi connectivity index (χ4v) is 2.83. The highest BCUT2D eigenvalue weighted by molar-refractivity contribution is 5.98. The standard InChI is InChI=1S/C19H19NO5/c1-23-15-9-5-3-7-13(15)11-18(21)20-12-17(19(22)24-2)25-16-10-6-4-8-14(16)20/h3-10,17H,11-12H2,1-2H3/t17-/m0/s1. The van der Waals surface area contributed by atoms with E-state index < -0.39 is 12.1 Å². The second-order valence-corrected chi connectivity index (χ2v) is 5.59. The van der Waals surface area contributed by atoms with Gasteiger partial charge in [-0.25, -0.2) is 4.79 Å². The topological polar surface area (TPSA) is 65.1 Å². The highest BCUT2D eigenvalue weighted by Gasteiger charge is 2.34. The van der Waals surface area contributed by atoms with Gasteiger partial charge in [0.15, 0.2) is 0 Å². The Labute approximate surface area is 145 Å². The van der Waals surface area contributed by atoms with Crippen LogP contribution in [0.3, 0.4) is 0 Å². The van der Waals surface area contributed by atoms with Crippen LogP contribution in [0.4, 0.5) is 5.69 Å². The Morgan fingerprint density at radius 1 is 1.12 bits per heavy atom. The van der Waals surface area contributed by atoms with Crippen molar-refractivity contribution in [2.24, 2.45) is 0 Å². The van der Waals surface area contributed by atoms with Gasteiger partial charge in [-0.2, -0.15) is 0 Å². The molecule has 0 fully saturated rings. The average Bonchev–Trinajstić information content (AvgIpc) is 2.66. The summed E-state index contributed by atoms with van der Waals surface area (Å²) in [7, 11) is 2.87. The minimum Gasteiger partial charge on any atom is -0.496 e. The lowest BCUT2D eigenvalue weighted by atomic mass is 10.1. The number of methoxy groups -OCH3 is 2. The lowest BCUT2D eigenvalue weighted by molar-refractivity contribution is -0.148. The average molecular weight is 341 g/mol. The van der Waals surface area contributed by atoms with Gasteiger partial charge in [0.25, 0.3) is 0 Å². The van der Waals surface area contributed by atoms with Crippen LogP contribution in [-0.4, -0.2) is 38.7 Å². The number of benzene rings is 2. The molecule has 0 spiro atoms. The zero-order valence-corrected chi connectivity index (χ0v) is 14.1. The molecule has 0 aliphatic carbocycles. The van der Waals surface area contributed by atoms with Gasteiger partial charge in [-0.15, -0.1) is 0 Å². The number of carbonyl (C=O) groups excluding carboxylic acids is 2. The molecule has 0 unspecified atom stereocenters. The van der Waals surface area contributed by atoms with E-state index in [2.05, 4.69) is 0 Å². The molecule has 130 valence electrons. The Morgan fingerprint density at radius 2 is 1.84 bits per heavy atom. The van der Waals surface area contributed by atoms with Crippen molar-refractivity contribution in [1.82, 2.24) is 0 Å². The zero-order valence-electron chi connectivity index (χ0n) is 14.1. The third-order valence-corrected chi connectivity index (χ3v) is 4.07. The summed E-state index contributed by atoms with van der Waals surface area (Å²) in [5, 5.41) is 0. The molecule has 0 N–H and O–H groups in total. The number of amides is 1. The third-order valence-electron chi connectivity index (χ3n) is 4.07. The predicted molar refractivity (Wildman–Crippen MR) is 91.9 cm³/mol. The van der Waals surface area contributed by atoms with E-state index in [1.807, 2.05) is 30.3 Å². The van der Waals surface area contributed by atoms with E-state index in [1.54, 1.807) is 30.2 Å². The van der Waals surface area contributed by atoms with E-state index in [9.17, 15) is 9.59 Å². The molecule has 1 aliphatic heterocycles. The van der Waals surface area contributed by atoms with E-state index in [1.165, 1.54) is 7.11 Å². The second-order valence-electron chi connectivity index (χ2n) is 5.59. The molecule has 2 aromatic carbocycles. The number of para-hydroxylation sites is 3. The molecule has 2 aromatic rings. The van der Waals surface area contributed by atoms with Gasteiger partial charge in [-0.3, -0.25) is 4.79 Å². The van der Waals surface area contributed by atoms with Crippen LogP contribution in [0.15, 0.2) is 48.5 Å². The van der Waals surface area contributed by atoms with Crippen LogP contribution in [0.25, 0.3) is 0 Å². The Bertz CT molecular complexity index is 789. The minimum atomic E-state index is -0.846. The lowest BCUT2D eigenvalue weighted by Gasteiger charge is -2.33. The van der Waals surface area contributed by atoms with Gasteiger partial charge in [-0.05, 0) is 18.2 Å². The lowest BCUT2D eigenvalue weighted by Crippen LogP contribution is -2.48. The van der Waals surface area contributed by atoms with Gasteiger partial charge < -0.3 is 19.1 Å². The van der Waals surface area contributed by atoms with Gasteiger partial charge in [0, 0.05) is 5.56 Å². The fraction of sp³-hybridized carbons (Fsp3) is 0.263. The summed E-state index contributed by atoms with van der Waals surface area (Å²) in [4.78, 5) is 26.4. The van der Waals surface area contributed by atoms with Crippen LogP contribution in [-0.2, 0) is 20.7 Å². The first-order valence-corrected chi connectivity index (χ1v) is 7.89. The van der Waals surface area contributed by atoms with Gasteiger partial charge in [-0.1, -0.05) is 30.3 Å². The predicted octanol–water partition coefficient (Wildman–Crippen LogP) is 2.20. The maximum Gasteiger partial charge on any atom is 0.348 e. The van der Waals surface area contributed by atoms with Gasteiger partial charge in [0.1, 0.15) is 11.5 Å². The number of esters is 1. The van der Waals surface area contributed by atoms with Crippen molar-refractivity contribution >= 4 is 17.6 Å². The van der Waals surface area contributed by atoms with Gasteiger partial charge in [0.05, 0.1) is 32.9 Å². The van der Waals surface area contributed by atoms with Crippen LogP contribution >= 0.6 is 0 Å². The van der Waals surface area contributed by atoms with E-state index in [4.69, 9.17) is 14.2 Å². The number of anilines is 1. The zero-order chi connectivity index (χ0) is 17.8. The van der Waals surface area contributed by atoms with Crippen molar-refractivity contribution in [3.8, 4) is 11.5 Å². The Hall–Kier alpha value is -3.02. The van der Waals surface area contributed by atoms with Crippen LogP contribution in [0.5, 0.6) is 11.5 Å². The molecular formula is C19H19NO5. The minimum absolute atomic E-state index is 0.109. The summed E-state index contributed by atoms with van der Waals surface area (Å²) in [5.41, 5.74) is 1.43. The second kappa shape index (κ2) is 7.25. The first-order valence-electron chi connectivity index (χ1n) is 7.89. The highest BCUT2D eigenvalue weighted by atomic mass is 16.6. The maximum absolute atomic E-state index is 12.9. The molecule has 0 bridgehead atoms. The van der Waals surface area contributed by atoms with Crippen LogP contribution in [0.2, 0.25) is 0 Å². The van der Waals surface area contributed by atoms with Crippen molar-refractivity contribution in [3.63, 3.8) is 0 Å². The molecule has 3 rings (SSSR count). The number of carbonyl (C=O) groups is 2. The molecule has 25 heavy (non-hydrogen) atoms. The first-order chi connectivity index (χ1) is 12.1. The molecule has 0 radical (unpaired) electrons. The number of rotatable bonds is 4. The van der Waals surface area contributed by atoms with Crippen molar-refractivity contribution in [1.29, 1.82) is 0 Å². The quantitative estimate of drug-likeness (QED) is 0.798. The van der Waals surface area contributed by atoms with Gasteiger partial charge >= 0.3 is 5.97 Å². The van der Waals surface area contributed by atoms with E-state index >= 15 is 0 Å².